The Bertz CT molecular complexity index is 309. The van der Waals surface area contributed by atoms with Crippen LogP contribution in [0.2, 0.25) is 0 Å². The molecule has 84 valence electrons. The number of ether oxygens (including phenoxy) is 1. The van der Waals surface area contributed by atoms with Crippen molar-refractivity contribution in [2.45, 2.75) is 26.8 Å². The van der Waals surface area contributed by atoms with Gasteiger partial charge in [0.05, 0.1) is 6.61 Å². The van der Waals surface area contributed by atoms with Gasteiger partial charge in [-0.3, -0.25) is 0 Å². The van der Waals surface area contributed by atoms with E-state index in [1.807, 2.05) is 0 Å². The minimum absolute atomic E-state index is 0.389. The molecule has 1 aromatic carbocycles. The number of benzene rings is 1. The Morgan fingerprint density at radius 3 is 2.73 bits per heavy atom. The van der Waals surface area contributed by atoms with Crippen LogP contribution in [0.25, 0.3) is 0 Å². The average Bonchev–Trinajstić information content (AvgIpc) is 2.22. The molecule has 1 rings (SSSR count). The van der Waals surface area contributed by atoms with Gasteiger partial charge in [0.1, 0.15) is 0 Å². The van der Waals surface area contributed by atoms with Crippen molar-refractivity contribution in [1.29, 1.82) is 0 Å². The van der Waals surface area contributed by atoms with Crippen molar-refractivity contribution in [2.24, 2.45) is 0 Å². The number of hydrogen-bond acceptors (Lipinski definition) is 2. The average molecular weight is 207 g/mol. The maximum absolute atomic E-state index is 5.02. The van der Waals surface area contributed by atoms with Crippen LogP contribution in [0.1, 0.15) is 29.7 Å². The van der Waals surface area contributed by atoms with Crippen LogP contribution in [-0.4, -0.2) is 20.3 Å². The van der Waals surface area contributed by atoms with E-state index in [2.05, 4.69) is 44.3 Å². The fraction of sp³-hybridized carbons (Fsp3) is 0.538. The Kier molecular flexibility index (Phi) is 4.79. The van der Waals surface area contributed by atoms with E-state index in [1.54, 1.807) is 7.11 Å². The predicted octanol–water partition coefficient (Wildman–Crippen LogP) is 2.60. The maximum atomic E-state index is 5.02. The summed E-state index contributed by atoms with van der Waals surface area (Å²) in [6.45, 7) is 8.18. The van der Waals surface area contributed by atoms with Crippen LogP contribution in [0.4, 0.5) is 0 Å². The summed E-state index contributed by atoms with van der Waals surface area (Å²) >= 11 is 0. The van der Waals surface area contributed by atoms with Crippen LogP contribution in [0.15, 0.2) is 18.2 Å². The summed E-state index contributed by atoms with van der Waals surface area (Å²) < 4.78 is 5.02. The number of rotatable bonds is 5. The quantitative estimate of drug-likeness (QED) is 0.749. The van der Waals surface area contributed by atoms with Gasteiger partial charge in [0.15, 0.2) is 0 Å². The fourth-order valence-corrected chi connectivity index (χ4v) is 1.73. The molecule has 0 aliphatic heterocycles. The molecule has 1 atom stereocenters. The molecule has 0 saturated carbocycles. The molecule has 0 aliphatic carbocycles. The maximum Gasteiger partial charge on any atom is 0.0587 e. The van der Waals surface area contributed by atoms with E-state index in [0.29, 0.717) is 6.04 Å². The lowest BCUT2D eigenvalue weighted by Crippen LogP contribution is -2.23. The first-order valence-electron chi connectivity index (χ1n) is 5.45. The van der Waals surface area contributed by atoms with Gasteiger partial charge in [-0.25, -0.2) is 0 Å². The topological polar surface area (TPSA) is 21.3 Å². The minimum Gasteiger partial charge on any atom is -0.383 e. The van der Waals surface area contributed by atoms with Gasteiger partial charge in [-0.15, -0.1) is 0 Å². The highest BCUT2D eigenvalue weighted by Crippen LogP contribution is 2.19. The van der Waals surface area contributed by atoms with E-state index in [4.69, 9.17) is 4.74 Å². The van der Waals surface area contributed by atoms with Crippen molar-refractivity contribution in [3.63, 3.8) is 0 Å². The molecule has 1 unspecified atom stereocenters. The second-order valence-corrected chi connectivity index (χ2v) is 3.96. The van der Waals surface area contributed by atoms with Crippen LogP contribution in [0.5, 0.6) is 0 Å². The van der Waals surface area contributed by atoms with Gasteiger partial charge in [-0.05, 0) is 37.5 Å². The molecule has 0 radical (unpaired) electrons. The van der Waals surface area contributed by atoms with Gasteiger partial charge in [-0.1, -0.05) is 18.2 Å². The standard InChI is InChI=1S/C13H21NO/c1-10-6-5-7-13(11(10)2)12(3)14-8-9-15-4/h5-7,12,14H,8-9H2,1-4H3. The largest absolute Gasteiger partial charge is 0.383 e. The van der Waals surface area contributed by atoms with Crippen molar-refractivity contribution in [1.82, 2.24) is 5.32 Å². The van der Waals surface area contributed by atoms with Crippen LogP contribution in [0, 0.1) is 13.8 Å². The first kappa shape index (κ1) is 12.2. The van der Waals surface area contributed by atoms with Crippen molar-refractivity contribution in [3.05, 3.63) is 34.9 Å². The van der Waals surface area contributed by atoms with Gasteiger partial charge in [-0.2, -0.15) is 0 Å². The molecule has 15 heavy (non-hydrogen) atoms. The molecule has 0 fully saturated rings. The third-order valence-electron chi connectivity index (χ3n) is 2.87. The van der Waals surface area contributed by atoms with E-state index in [0.717, 1.165) is 13.2 Å². The molecule has 2 nitrogen and oxygen atoms in total. The molecule has 2 heteroatoms. The third-order valence-corrected chi connectivity index (χ3v) is 2.87. The molecule has 0 amide bonds. The molecular formula is C13H21NO. The van der Waals surface area contributed by atoms with E-state index in [9.17, 15) is 0 Å². The van der Waals surface area contributed by atoms with Gasteiger partial charge in [0.25, 0.3) is 0 Å². The summed E-state index contributed by atoms with van der Waals surface area (Å²) in [4.78, 5) is 0. The highest BCUT2D eigenvalue weighted by atomic mass is 16.5. The molecule has 0 saturated heterocycles. The zero-order chi connectivity index (χ0) is 11.3. The molecule has 1 aromatic rings. The van der Waals surface area contributed by atoms with Gasteiger partial charge < -0.3 is 10.1 Å². The lowest BCUT2D eigenvalue weighted by Gasteiger charge is -2.17. The van der Waals surface area contributed by atoms with Crippen LogP contribution >= 0.6 is 0 Å². The number of nitrogens with one attached hydrogen (secondary N) is 1. The molecular weight excluding hydrogens is 186 g/mol. The predicted molar refractivity (Wildman–Crippen MR) is 64.2 cm³/mol. The van der Waals surface area contributed by atoms with Crippen LogP contribution in [0.3, 0.4) is 0 Å². The Morgan fingerprint density at radius 1 is 1.33 bits per heavy atom. The highest BCUT2D eigenvalue weighted by molar-refractivity contribution is 5.34. The summed E-state index contributed by atoms with van der Waals surface area (Å²) in [5, 5.41) is 3.44. The van der Waals surface area contributed by atoms with Crippen LogP contribution < -0.4 is 5.32 Å². The lowest BCUT2D eigenvalue weighted by atomic mass is 9.98. The van der Waals surface area contributed by atoms with E-state index in [-0.39, 0.29) is 0 Å². The zero-order valence-corrected chi connectivity index (χ0v) is 10.1. The first-order valence-corrected chi connectivity index (χ1v) is 5.45. The molecule has 0 heterocycles. The molecule has 0 aliphatic rings. The van der Waals surface area contributed by atoms with Gasteiger partial charge >= 0.3 is 0 Å². The number of hydrogen-bond donors (Lipinski definition) is 1. The second-order valence-electron chi connectivity index (χ2n) is 3.96. The highest BCUT2D eigenvalue weighted by Gasteiger charge is 2.07. The van der Waals surface area contributed by atoms with E-state index < -0.39 is 0 Å². The Labute approximate surface area is 92.6 Å². The first-order chi connectivity index (χ1) is 7.16. The normalized spacial score (nSPS) is 12.8. The van der Waals surface area contributed by atoms with Crippen molar-refractivity contribution < 1.29 is 4.74 Å². The fourth-order valence-electron chi connectivity index (χ4n) is 1.73. The summed E-state index contributed by atoms with van der Waals surface area (Å²) in [7, 11) is 1.73. The van der Waals surface area contributed by atoms with E-state index in [1.165, 1.54) is 16.7 Å². The zero-order valence-electron chi connectivity index (χ0n) is 10.1. The monoisotopic (exact) mass is 207 g/mol. The Balaban J connectivity index is 2.65. The summed E-state index contributed by atoms with van der Waals surface area (Å²) in [5.74, 6) is 0. The SMILES string of the molecule is COCCNC(C)c1cccc(C)c1C. The summed E-state index contributed by atoms with van der Waals surface area (Å²) in [6, 6.07) is 6.85. The Hall–Kier alpha value is -0.860. The molecule has 0 spiro atoms. The van der Waals surface area contributed by atoms with Crippen molar-refractivity contribution in [3.8, 4) is 0 Å². The minimum atomic E-state index is 0.389. The molecule has 0 bridgehead atoms. The van der Waals surface area contributed by atoms with E-state index >= 15 is 0 Å². The molecule has 0 aromatic heterocycles. The number of methoxy groups -OCH3 is 1. The second kappa shape index (κ2) is 5.89. The number of aryl methyl sites for hydroxylation is 1. The molecule has 1 N–H and O–H groups in total. The van der Waals surface area contributed by atoms with Gasteiger partial charge in [0.2, 0.25) is 0 Å². The Morgan fingerprint density at radius 2 is 2.07 bits per heavy atom. The van der Waals surface area contributed by atoms with Crippen molar-refractivity contribution >= 4 is 0 Å². The third kappa shape index (κ3) is 3.33. The van der Waals surface area contributed by atoms with Crippen molar-refractivity contribution in [2.75, 3.05) is 20.3 Å². The van der Waals surface area contributed by atoms with Gasteiger partial charge in [0, 0.05) is 19.7 Å². The van der Waals surface area contributed by atoms with Crippen LogP contribution in [-0.2, 0) is 4.74 Å². The summed E-state index contributed by atoms with van der Waals surface area (Å²) in [6.07, 6.45) is 0. The lowest BCUT2D eigenvalue weighted by molar-refractivity contribution is 0.196. The smallest absolute Gasteiger partial charge is 0.0587 e. The summed E-state index contributed by atoms with van der Waals surface area (Å²) in [5.41, 5.74) is 4.12.